The average molecular weight is 250 g/mol. The molecule has 0 bridgehead atoms. The van der Waals surface area contributed by atoms with Crippen LogP contribution >= 0.6 is 0 Å². The van der Waals surface area contributed by atoms with E-state index in [2.05, 4.69) is 5.32 Å². The number of carbonyl (C=O) groups is 1. The molecule has 0 aliphatic carbocycles. The summed E-state index contributed by atoms with van der Waals surface area (Å²) < 4.78 is 10.5. The van der Waals surface area contributed by atoms with Crippen molar-refractivity contribution in [1.29, 1.82) is 0 Å². The van der Waals surface area contributed by atoms with E-state index in [1.54, 1.807) is 26.4 Å². The van der Waals surface area contributed by atoms with E-state index in [1.807, 2.05) is 11.0 Å². The van der Waals surface area contributed by atoms with Crippen molar-refractivity contribution in [3.05, 3.63) is 23.8 Å². The Morgan fingerprint density at radius 2 is 1.72 bits per heavy atom. The van der Waals surface area contributed by atoms with Gasteiger partial charge in [0.15, 0.2) is 0 Å². The van der Waals surface area contributed by atoms with Crippen LogP contribution in [0.15, 0.2) is 18.2 Å². The van der Waals surface area contributed by atoms with Crippen LogP contribution in [0.5, 0.6) is 11.5 Å². The van der Waals surface area contributed by atoms with E-state index < -0.39 is 0 Å². The second-order valence-electron chi connectivity index (χ2n) is 4.08. The van der Waals surface area contributed by atoms with Crippen LogP contribution in [0.4, 0.5) is 0 Å². The van der Waals surface area contributed by atoms with Gasteiger partial charge in [0.1, 0.15) is 17.1 Å². The van der Waals surface area contributed by atoms with Gasteiger partial charge in [0.2, 0.25) is 0 Å². The van der Waals surface area contributed by atoms with Gasteiger partial charge in [-0.25, -0.2) is 0 Å². The Labute approximate surface area is 107 Å². The Bertz CT molecular complexity index is 406. The standard InChI is InChI=1S/C13H18N2O3/c1-17-10-4-3-5-11(18-2)12(10)13(16)15-8-6-14-7-9-15/h3-5,14H,6-9H2,1-2H3. The van der Waals surface area contributed by atoms with E-state index in [9.17, 15) is 4.79 Å². The van der Waals surface area contributed by atoms with Crippen LogP contribution in [0.25, 0.3) is 0 Å². The number of ether oxygens (including phenoxy) is 2. The summed E-state index contributed by atoms with van der Waals surface area (Å²) in [6, 6.07) is 5.36. The molecule has 5 heteroatoms. The summed E-state index contributed by atoms with van der Waals surface area (Å²) in [5, 5.41) is 3.22. The van der Waals surface area contributed by atoms with Gasteiger partial charge in [0.05, 0.1) is 14.2 Å². The maximum Gasteiger partial charge on any atom is 0.261 e. The smallest absolute Gasteiger partial charge is 0.261 e. The average Bonchev–Trinajstić information content (AvgIpc) is 2.46. The molecule has 2 rings (SSSR count). The zero-order valence-electron chi connectivity index (χ0n) is 10.7. The number of benzene rings is 1. The number of piperazine rings is 1. The van der Waals surface area contributed by atoms with Gasteiger partial charge in [-0.3, -0.25) is 4.79 Å². The topological polar surface area (TPSA) is 50.8 Å². The molecule has 1 aromatic rings. The van der Waals surface area contributed by atoms with Crippen molar-refractivity contribution in [3.63, 3.8) is 0 Å². The van der Waals surface area contributed by atoms with Crippen molar-refractivity contribution in [2.45, 2.75) is 0 Å². The van der Waals surface area contributed by atoms with Crippen molar-refractivity contribution in [2.75, 3.05) is 40.4 Å². The normalized spacial score (nSPS) is 15.3. The van der Waals surface area contributed by atoms with E-state index in [-0.39, 0.29) is 5.91 Å². The second kappa shape index (κ2) is 5.73. The third-order valence-electron chi connectivity index (χ3n) is 3.05. The fraction of sp³-hybridized carbons (Fsp3) is 0.462. The predicted octanol–water partition coefficient (Wildman–Crippen LogP) is 0.749. The highest BCUT2D eigenvalue weighted by Crippen LogP contribution is 2.29. The lowest BCUT2D eigenvalue weighted by Gasteiger charge is -2.28. The Hall–Kier alpha value is -1.75. The fourth-order valence-electron chi connectivity index (χ4n) is 2.09. The molecule has 0 spiro atoms. The summed E-state index contributed by atoms with van der Waals surface area (Å²) in [6.07, 6.45) is 0. The molecule has 5 nitrogen and oxygen atoms in total. The molecule has 0 saturated carbocycles. The van der Waals surface area contributed by atoms with Gasteiger partial charge in [-0.1, -0.05) is 6.07 Å². The highest BCUT2D eigenvalue weighted by molar-refractivity contribution is 5.99. The van der Waals surface area contributed by atoms with Crippen LogP contribution < -0.4 is 14.8 Å². The molecule has 18 heavy (non-hydrogen) atoms. The summed E-state index contributed by atoms with van der Waals surface area (Å²) >= 11 is 0. The number of nitrogens with one attached hydrogen (secondary N) is 1. The summed E-state index contributed by atoms with van der Waals surface area (Å²) in [5.41, 5.74) is 0.504. The number of hydrogen-bond acceptors (Lipinski definition) is 4. The molecule has 1 aliphatic heterocycles. The number of methoxy groups -OCH3 is 2. The molecule has 1 N–H and O–H groups in total. The Balaban J connectivity index is 2.32. The Morgan fingerprint density at radius 1 is 1.17 bits per heavy atom. The lowest BCUT2D eigenvalue weighted by atomic mass is 10.1. The van der Waals surface area contributed by atoms with E-state index in [4.69, 9.17) is 9.47 Å². The van der Waals surface area contributed by atoms with Crippen LogP contribution in [-0.4, -0.2) is 51.2 Å². The molecule has 1 amide bonds. The van der Waals surface area contributed by atoms with Crippen molar-refractivity contribution < 1.29 is 14.3 Å². The molecular formula is C13H18N2O3. The minimum absolute atomic E-state index is 0.0363. The minimum atomic E-state index is -0.0363. The third-order valence-corrected chi connectivity index (χ3v) is 3.05. The molecule has 1 aromatic carbocycles. The molecule has 1 saturated heterocycles. The largest absolute Gasteiger partial charge is 0.496 e. The molecule has 98 valence electrons. The first-order valence-corrected chi connectivity index (χ1v) is 5.99. The van der Waals surface area contributed by atoms with Crippen molar-refractivity contribution in [1.82, 2.24) is 10.2 Å². The second-order valence-corrected chi connectivity index (χ2v) is 4.08. The van der Waals surface area contributed by atoms with Crippen molar-refractivity contribution >= 4 is 5.91 Å². The summed E-state index contributed by atoms with van der Waals surface area (Å²) in [4.78, 5) is 14.3. The number of hydrogen-bond donors (Lipinski definition) is 1. The maximum absolute atomic E-state index is 12.5. The summed E-state index contributed by atoms with van der Waals surface area (Å²) in [5.74, 6) is 1.07. The first kappa shape index (κ1) is 12.7. The van der Waals surface area contributed by atoms with E-state index in [0.717, 1.165) is 13.1 Å². The van der Waals surface area contributed by atoms with Gasteiger partial charge in [-0.2, -0.15) is 0 Å². The van der Waals surface area contributed by atoms with Crippen LogP contribution in [0.3, 0.4) is 0 Å². The molecule has 1 fully saturated rings. The van der Waals surface area contributed by atoms with Crippen LogP contribution in [0.2, 0.25) is 0 Å². The monoisotopic (exact) mass is 250 g/mol. The van der Waals surface area contributed by atoms with Gasteiger partial charge < -0.3 is 19.7 Å². The van der Waals surface area contributed by atoms with Crippen LogP contribution in [0, 0.1) is 0 Å². The molecule has 0 atom stereocenters. The van der Waals surface area contributed by atoms with Crippen molar-refractivity contribution in [3.8, 4) is 11.5 Å². The van der Waals surface area contributed by atoms with Gasteiger partial charge in [0.25, 0.3) is 5.91 Å². The van der Waals surface area contributed by atoms with Gasteiger partial charge in [-0.15, -0.1) is 0 Å². The molecule has 1 aliphatic rings. The fourth-order valence-corrected chi connectivity index (χ4v) is 2.09. The lowest BCUT2D eigenvalue weighted by Crippen LogP contribution is -2.46. The van der Waals surface area contributed by atoms with Gasteiger partial charge in [0, 0.05) is 26.2 Å². The van der Waals surface area contributed by atoms with Gasteiger partial charge >= 0.3 is 0 Å². The molecule has 0 aromatic heterocycles. The number of nitrogens with zero attached hydrogens (tertiary/aromatic N) is 1. The van der Waals surface area contributed by atoms with E-state index >= 15 is 0 Å². The van der Waals surface area contributed by atoms with E-state index in [1.165, 1.54) is 0 Å². The minimum Gasteiger partial charge on any atom is -0.496 e. The first-order chi connectivity index (χ1) is 8.77. The number of rotatable bonds is 3. The molecule has 0 unspecified atom stereocenters. The summed E-state index contributed by atoms with van der Waals surface area (Å²) in [6.45, 7) is 3.06. The third kappa shape index (κ3) is 2.41. The predicted molar refractivity (Wildman–Crippen MR) is 68.3 cm³/mol. The zero-order chi connectivity index (χ0) is 13.0. The molecule has 0 radical (unpaired) electrons. The summed E-state index contributed by atoms with van der Waals surface area (Å²) in [7, 11) is 3.12. The quantitative estimate of drug-likeness (QED) is 0.860. The highest BCUT2D eigenvalue weighted by atomic mass is 16.5. The number of amides is 1. The number of carbonyl (C=O) groups excluding carboxylic acids is 1. The maximum atomic E-state index is 12.5. The SMILES string of the molecule is COc1cccc(OC)c1C(=O)N1CCNCC1. The Kier molecular flexibility index (Phi) is 4.04. The van der Waals surface area contributed by atoms with Crippen molar-refractivity contribution in [2.24, 2.45) is 0 Å². The van der Waals surface area contributed by atoms with E-state index in [0.29, 0.717) is 30.2 Å². The van der Waals surface area contributed by atoms with Crippen LogP contribution in [-0.2, 0) is 0 Å². The van der Waals surface area contributed by atoms with Crippen LogP contribution in [0.1, 0.15) is 10.4 Å². The first-order valence-electron chi connectivity index (χ1n) is 5.99. The Morgan fingerprint density at radius 3 is 2.22 bits per heavy atom. The molecule has 1 heterocycles. The molecular weight excluding hydrogens is 232 g/mol. The van der Waals surface area contributed by atoms with Gasteiger partial charge in [-0.05, 0) is 12.1 Å². The highest BCUT2D eigenvalue weighted by Gasteiger charge is 2.24. The zero-order valence-corrected chi connectivity index (χ0v) is 10.7. The lowest BCUT2D eigenvalue weighted by molar-refractivity contribution is 0.0729.